The number of hydrogen-bond acceptors (Lipinski definition) is 5. The van der Waals surface area contributed by atoms with Gasteiger partial charge in [0.1, 0.15) is 6.61 Å². The maximum Gasteiger partial charge on any atom is 0.306 e. The van der Waals surface area contributed by atoms with Gasteiger partial charge < -0.3 is 14.6 Å². The van der Waals surface area contributed by atoms with E-state index >= 15 is 0 Å². The molecule has 0 aromatic rings. The highest BCUT2D eigenvalue weighted by molar-refractivity contribution is 5.70. The second kappa shape index (κ2) is 64.1. The van der Waals surface area contributed by atoms with Crippen LogP contribution in [0.15, 0.2) is 97.2 Å². The van der Waals surface area contributed by atoms with Crippen molar-refractivity contribution in [2.24, 2.45) is 0 Å². The zero-order valence-electron chi connectivity index (χ0n) is 48.8. The van der Waals surface area contributed by atoms with Gasteiger partial charge in [-0.2, -0.15) is 0 Å². The molecule has 0 spiro atoms. The van der Waals surface area contributed by atoms with Crippen molar-refractivity contribution in [2.75, 3.05) is 13.2 Å². The molecule has 0 aliphatic carbocycles. The van der Waals surface area contributed by atoms with Crippen molar-refractivity contribution in [1.29, 1.82) is 0 Å². The summed E-state index contributed by atoms with van der Waals surface area (Å²) in [7, 11) is 0. The van der Waals surface area contributed by atoms with Crippen molar-refractivity contribution in [3.8, 4) is 0 Å². The van der Waals surface area contributed by atoms with Crippen LogP contribution in [0.1, 0.15) is 309 Å². The summed E-state index contributed by atoms with van der Waals surface area (Å²) in [5.74, 6) is -0.598. The highest BCUT2D eigenvalue weighted by Crippen LogP contribution is 2.18. The first-order valence-electron chi connectivity index (χ1n) is 31.8. The largest absolute Gasteiger partial charge is 0.462 e. The number of esters is 2. The van der Waals surface area contributed by atoms with E-state index in [0.29, 0.717) is 12.8 Å². The summed E-state index contributed by atoms with van der Waals surface area (Å²) >= 11 is 0. The van der Waals surface area contributed by atoms with Gasteiger partial charge in [-0.25, -0.2) is 0 Å². The van der Waals surface area contributed by atoms with E-state index in [1.807, 2.05) is 0 Å². The van der Waals surface area contributed by atoms with Crippen LogP contribution in [-0.4, -0.2) is 36.4 Å². The van der Waals surface area contributed by atoms with Gasteiger partial charge in [0.05, 0.1) is 6.61 Å². The van der Waals surface area contributed by atoms with E-state index in [4.69, 9.17) is 9.47 Å². The summed E-state index contributed by atoms with van der Waals surface area (Å²) in [4.78, 5) is 24.5. The minimum atomic E-state index is -0.781. The van der Waals surface area contributed by atoms with Crippen LogP contribution >= 0.6 is 0 Å². The van der Waals surface area contributed by atoms with Crippen LogP contribution in [0, 0.1) is 0 Å². The summed E-state index contributed by atoms with van der Waals surface area (Å²) < 4.78 is 10.7. The number of allylic oxidation sites excluding steroid dienone is 16. The molecule has 0 aliphatic rings. The Hall–Kier alpha value is -3.18. The fourth-order valence-electron chi connectivity index (χ4n) is 9.19. The Morgan fingerprint density at radius 3 is 0.811 bits per heavy atom. The molecule has 0 amide bonds. The Morgan fingerprint density at radius 1 is 0.311 bits per heavy atom. The third kappa shape index (κ3) is 61.4. The predicted molar refractivity (Wildman–Crippen MR) is 325 cm³/mol. The minimum absolute atomic E-state index is 0.0738. The maximum absolute atomic E-state index is 12.3. The van der Waals surface area contributed by atoms with Crippen LogP contribution in [0.25, 0.3) is 0 Å². The van der Waals surface area contributed by atoms with E-state index in [-0.39, 0.29) is 25.2 Å². The van der Waals surface area contributed by atoms with Gasteiger partial charge in [0, 0.05) is 12.8 Å². The molecule has 0 heterocycles. The van der Waals surface area contributed by atoms with Gasteiger partial charge in [-0.1, -0.05) is 304 Å². The lowest BCUT2D eigenvalue weighted by Gasteiger charge is -2.15. The van der Waals surface area contributed by atoms with Crippen molar-refractivity contribution < 1.29 is 24.2 Å². The molecule has 0 radical (unpaired) electrons. The van der Waals surface area contributed by atoms with E-state index in [2.05, 4.69) is 111 Å². The van der Waals surface area contributed by atoms with Gasteiger partial charge in [-0.05, 0) is 89.9 Å². The van der Waals surface area contributed by atoms with E-state index in [1.165, 1.54) is 186 Å². The molecule has 0 rings (SSSR count). The topological polar surface area (TPSA) is 72.8 Å². The quantitative estimate of drug-likeness (QED) is 0.0373. The Bertz CT molecular complexity index is 1400. The molecule has 5 nitrogen and oxygen atoms in total. The average molecular weight is 1030 g/mol. The second-order valence-electron chi connectivity index (χ2n) is 21.1. The predicted octanol–water partition coefficient (Wildman–Crippen LogP) is 21.9. The third-order valence-corrected chi connectivity index (χ3v) is 13.9. The van der Waals surface area contributed by atoms with Crippen LogP contribution in [0.4, 0.5) is 0 Å². The molecule has 0 aliphatic heterocycles. The molecule has 0 aromatic carbocycles. The fourth-order valence-corrected chi connectivity index (χ4v) is 9.19. The van der Waals surface area contributed by atoms with E-state index < -0.39 is 6.10 Å². The molecule has 0 aromatic heterocycles. The number of carbonyl (C=O) groups is 2. The van der Waals surface area contributed by atoms with Crippen LogP contribution in [0.5, 0.6) is 0 Å². The van der Waals surface area contributed by atoms with Crippen LogP contribution in [-0.2, 0) is 19.1 Å². The third-order valence-electron chi connectivity index (χ3n) is 13.9. The first-order valence-corrected chi connectivity index (χ1v) is 31.8. The van der Waals surface area contributed by atoms with Gasteiger partial charge in [0.2, 0.25) is 0 Å². The summed E-state index contributed by atoms with van der Waals surface area (Å²) in [6.45, 7) is 3.93. The molecule has 0 saturated carbocycles. The Balaban J connectivity index is 3.40. The molecule has 0 saturated heterocycles. The normalized spacial score (nSPS) is 12.9. The monoisotopic (exact) mass is 1030 g/mol. The average Bonchev–Trinajstić information content (AvgIpc) is 3.40. The van der Waals surface area contributed by atoms with E-state index in [1.54, 1.807) is 0 Å². The molecular formula is C69H120O5. The minimum Gasteiger partial charge on any atom is -0.462 e. The van der Waals surface area contributed by atoms with Crippen molar-refractivity contribution >= 4 is 11.9 Å². The maximum atomic E-state index is 12.3. The molecule has 1 N–H and O–H groups in total. The Kier molecular flexibility index (Phi) is 61.4. The first kappa shape index (κ1) is 70.8. The molecule has 1 atom stereocenters. The number of hydrogen-bond donors (Lipinski definition) is 1. The van der Waals surface area contributed by atoms with E-state index in [9.17, 15) is 14.7 Å². The fraction of sp³-hybridized carbons (Fsp3) is 0.739. The lowest BCUT2D eigenvalue weighted by molar-refractivity contribution is -0.161. The molecule has 1 unspecified atom stereocenters. The summed E-state index contributed by atoms with van der Waals surface area (Å²) in [6, 6.07) is 0. The number of ether oxygens (including phenoxy) is 2. The lowest BCUT2D eigenvalue weighted by Crippen LogP contribution is -2.28. The van der Waals surface area contributed by atoms with Crippen molar-refractivity contribution in [2.45, 2.75) is 315 Å². The van der Waals surface area contributed by atoms with Gasteiger partial charge in [-0.15, -0.1) is 0 Å². The molecule has 0 fully saturated rings. The summed E-state index contributed by atoms with van der Waals surface area (Å²) in [5, 5.41) is 9.66. The highest BCUT2D eigenvalue weighted by atomic mass is 16.6. The second-order valence-corrected chi connectivity index (χ2v) is 21.1. The smallest absolute Gasteiger partial charge is 0.306 e. The standard InChI is InChI=1S/C69H120O5/c1-3-5-7-9-11-13-15-17-19-21-23-24-25-26-27-28-29-30-31-32-33-34-35-36-37-38-39-40-41-42-43-44-46-48-50-52-54-56-58-60-62-64-69(72)74-67(65-70)66-73-68(71)63-61-59-57-55-53-51-49-47-45-22-20-18-16-14-12-10-8-6-4-2/h5-8,11-14,17-20,23-24,45,47,67,70H,3-4,9-10,15-16,21-22,25-44,46,48-66H2,1-2H3/b7-5-,8-6-,13-11-,14-12-,19-17-,20-18-,24-23-,47-45-. The molecule has 0 bridgehead atoms. The first-order chi connectivity index (χ1) is 36.6. The number of carbonyl (C=O) groups excluding carboxylic acids is 2. The zero-order valence-corrected chi connectivity index (χ0v) is 48.8. The number of aliphatic hydroxyl groups is 1. The van der Waals surface area contributed by atoms with Gasteiger partial charge in [-0.3, -0.25) is 9.59 Å². The highest BCUT2D eigenvalue weighted by Gasteiger charge is 2.16. The number of aliphatic hydroxyl groups excluding tert-OH is 1. The SMILES string of the molecule is CC/C=C\C/C=C\C/C=C\C/C=C\CCCCCCCCCCCCCCCCCCCCCCCCCCCCCCC(=O)OC(CO)COC(=O)CCCCCCCC/C=C\C/C=C\C/C=C\C/C=C\CC. The Morgan fingerprint density at radius 2 is 0.541 bits per heavy atom. The molecular weight excluding hydrogens is 909 g/mol. The number of unbranched alkanes of at least 4 members (excludes halogenated alkanes) is 34. The zero-order chi connectivity index (χ0) is 53.4. The van der Waals surface area contributed by atoms with Crippen molar-refractivity contribution in [3.05, 3.63) is 97.2 Å². The van der Waals surface area contributed by atoms with Gasteiger partial charge >= 0.3 is 11.9 Å². The summed E-state index contributed by atoms with van der Waals surface area (Å²) in [6.07, 6.45) is 91.4. The van der Waals surface area contributed by atoms with Gasteiger partial charge in [0.15, 0.2) is 6.10 Å². The van der Waals surface area contributed by atoms with Gasteiger partial charge in [0.25, 0.3) is 0 Å². The number of rotatable bonds is 58. The Labute approximate surface area is 459 Å². The van der Waals surface area contributed by atoms with Crippen LogP contribution in [0.2, 0.25) is 0 Å². The molecule has 74 heavy (non-hydrogen) atoms. The summed E-state index contributed by atoms with van der Waals surface area (Å²) in [5.41, 5.74) is 0. The molecule has 426 valence electrons. The van der Waals surface area contributed by atoms with E-state index in [0.717, 1.165) is 96.3 Å². The van der Waals surface area contributed by atoms with Crippen LogP contribution < -0.4 is 0 Å². The lowest BCUT2D eigenvalue weighted by atomic mass is 10.0. The van der Waals surface area contributed by atoms with Crippen molar-refractivity contribution in [3.63, 3.8) is 0 Å². The van der Waals surface area contributed by atoms with Crippen LogP contribution in [0.3, 0.4) is 0 Å². The van der Waals surface area contributed by atoms with Crippen molar-refractivity contribution in [1.82, 2.24) is 0 Å². The molecule has 5 heteroatoms.